The van der Waals surface area contributed by atoms with Crippen molar-refractivity contribution in [1.29, 1.82) is 0 Å². The smallest absolute Gasteiger partial charge is 0.378 e. The van der Waals surface area contributed by atoms with Crippen molar-refractivity contribution in [2.24, 2.45) is 0 Å². The van der Waals surface area contributed by atoms with E-state index in [1.165, 1.54) is 23.9 Å². The van der Waals surface area contributed by atoms with Gasteiger partial charge in [-0.15, -0.1) is 10.2 Å². The van der Waals surface area contributed by atoms with Gasteiger partial charge >= 0.3 is 6.18 Å². The Labute approximate surface area is 176 Å². The lowest BCUT2D eigenvalue weighted by Gasteiger charge is -2.28. The largest absolute Gasteiger partial charge is 0.416 e. The van der Waals surface area contributed by atoms with Crippen LogP contribution in [-0.4, -0.2) is 41.1 Å². The second-order valence-corrected chi connectivity index (χ2v) is 7.98. The van der Waals surface area contributed by atoms with Crippen LogP contribution in [0.2, 0.25) is 0 Å². The molecule has 0 radical (unpaired) electrons. The van der Waals surface area contributed by atoms with Crippen LogP contribution in [0.4, 0.5) is 19.1 Å². The van der Waals surface area contributed by atoms with E-state index in [1.807, 2.05) is 35.8 Å². The molecule has 0 unspecified atom stereocenters. The van der Waals surface area contributed by atoms with Crippen molar-refractivity contribution in [3.05, 3.63) is 65.2 Å². The van der Waals surface area contributed by atoms with Crippen LogP contribution >= 0.6 is 11.8 Å². The lowest BCUT2D eigenvalue weighted by molar-refractivity contribution is -0.137. The van der Waals surface area contributed by atoms with Crippen LogP contribution in [0.5, 0.6) is 0 Å². The van der Waals surface area contributed by atoms with Gasteiger partial charge in [-0.2, -0.15) is 13.2 Å². The van der Waals surface area contributed by atoms with Crippen LogP contribution in [0.15, 0.2) is 53.7 Å². The van der Waals surface area contributed by atoms with Crippen LogP contribution < -0.4 is 4.90 Å². The summed E-state index contributed by atoms with van der Waals surface area (Å²) in [5, 5.41) is 9.37. The Hall–Kier alpha value is -2.52. The summed E-state index contributed by atoms with van der Waals surface area (Å²) in [5.74, 6) is 1.07. The molecule has 0 atom stereocenters. The number of thioether (sulfide) groups is 1. The maximum absolute atomic E-state index is 13.0. The maximum Gasteiger partial charge on any atom is 0.416 e. The van der Waals surface area contributed by atoms with Crippen LogP contribution in [0, 0.1) is 6.92 Å². The number of rotatable bonds is 5. The Balaban J connectivity index is 1.63. The summed E-state index contributed by atoms with van der Waals surface area (Å²) >= 11 is 1.37. The van der Waals surface area contributed by atoms with Gasteiger partial charge in [0.1, 0.15) is 0 Å². The molecule has 1 aliphatic heterocycles. The molecular weight excluding hydrogens is 413 g/mol. The molecule has 3 aromatic rings. The van der Waals surface area contributed by atoms with E-state index in [0.717, 1.165) is 17.3 Å². The van der Waals surface area contributed by atoms with Gasteiger partial charge in [0.2, 0.25) is 5.95 Å². The minimum Gasteiger partial charge on any atom is -0.378 e. The SMILES string of the molecule is Cc1ccc(-n2c(SCc3cccc(C(F)(F)F)c3)nnc2N2CCOCC2)cc1. The van der Waals surface area contributed by atoms with Gasteiger partial charge in [0.15, 0.2) is 5.16 Å². The number of aromatic nitrogens is 3. The highest BCUT2D eigenvalue weighted by atomic mass is 32.2. The minimum atomic E-state index is -4.36. The van der Waals surface area contributed by atoms with E-state index >= 15 is 0 Å². The summed E-state index contributed by atoms with van der Waals surface area (Å²) < 4.78 is 46.4. The quantitative estimate of drug-likeness (QED) is 0.544. The highest BCUT2D eigenvalue weighted by Crippen LogP contribution is 2.32. The lowest BCUT2D eigenvalue weighted by atomic mass is 10.1. The molecule has 9 heteroatoms. The molecule has 5 nitrogen and oxygen atoms in total. The van der Waals surface area contributed by atoms with E-state index in [-0.39, 0.29) is 0 Å². The second kappa shape index (κ2) is 8.69. The van der Waals surface area contributed by atoms with Crippen molar-refractivity contribution < 1.29 is 17.9 Å². The number of hydrogen-bond donors (Lipinski definition) is 0. The number of benzene rings is 2. The molecule has 1 aliphatic rings. The van der Waals surface area contributed by atoms with Crippen LogP contribution in [0.3, 0.4) is 0 Å². The zero-order valence-electron chi connectivity index (χ0n) is 16.4. The first-order valence-electron chi connectivity index (χ1n) is 9.56. The van der Waals surface area contributed by atoms with E-state index in [9.17, 15) is 13.2 Å². The number of aryl methyl sites for hydroxylation is 1. The van der Waals surface area contributed by atoms with E-state index in [1.54, 1.807) is 6.07 Å². The van der Waals surface area contributed by atoms with Crippen molar-refractivity contribution in [3.8, 4) is 5.69 Å². The Morgan fingerprint density at radius 3 is 2.47 bits per heavy atom. The predicted octanol–water partition coefficient (Wildman–Crippen LogP) is 4.72. The Bertz CT molecular complexity index is 998. The van der Waals surface area contributed by atoms with Crippen LogP contribution in [0.25, 0.3) is 5.69 Å². The molecule has 0 spiro atoms. The molecule has 30 heavy (non-hydrogen) atoms. The van der Waals surface area contributed by atoms with Gasteiger partial charge in [0, 0.05) is 18.8 Å². The molecule has 2 aromatic carbocycles. The van der Waals surface area contributed by atoms with Gasteiger partial charge in [-0.25, -0.2) is 0 Å². The summed E-state index contributed by atoms with van der Waals surface area (Å²) in [5.41, 5.74) is 1.99. The zero-order chi connectivity index (χ0) is 21.1. The molecule has 0 N–H and O–H groups in total. The fraction of sp³-hybridized carbons (Fsp3) is 0.333. The molecule has 0 aliphatic carbocycles. The number of halogens is 3. The van der Waals surface area contributed by atoms with Crippen LogP contribution in [-0.2, 0) is 16.7 Å². The third kappa shape index (κ3) is 4.62. The van der Waals surface area contributed by atoms with Gasteiger partial charge < -0.3 is 9.64 Å². The Morgan fingerprint density at radius 1 is 1.03 bits per heavy atom. The molecule has 0 bridgehead atoms. The minimum absolute atomic E-state index is 0.358. The average molecular weight is 434 g/mol. The first-order valence-corrected chi connectivity index (χ1v) is 10.5. The van der Waals surface area contributed by atoms with Gasteiger partial charge in [-0.05, 0) is 30.7 Å². The van der Waals surface area contributed by atoms with E-state index < -0.39 is 11.7 Å². The third-order valence-corrected chi connectivity index (χ3v) is 5.82. The average Bonchev–Trinajstić information content (AvgIpc) is 3.17. The predicted molar refractivity (Wildman–Crippen MR) is 110 cm³/mol. The number of nitrogens with zero attached hydrogens (tertiary/aromatic N) is 4. The van der Waals surface area contributed by atoms with Crippen molar-refractivity contribution in [2.45, 2.75) is 24.0 Å². The normalized spacial score (nSPS) is 14.9. The molecule has 158 valence electrons. The van der Waals surface area contributed by atoms with Crippen molar-refractivity contribution in [3.63, 3.8) is 0 Å². The van der Waals surface area contributed by atoms with E-state index in [2.05, 4.69) is 15.1 Å². The molecule has 1 saturated heterocycles. The Kier molecular flexibility index (Phi) is 6.01. The van der Waals surface area contributed by atoms with Gasteiger partial charge in [0.25, 0.3) is 0 Å². The zero-order valence-corrected chi connectivity index (χ0v) is 17.2. The fourth-order valence-electron chi connectivity index (χ4n) is 3.23. The lowest BCUT2D eigenvalue weighted by Crippen LogP contribution is -2.37. The van der Waals surface area contributed by atoms with Gasteiger partial charge in [0.05, 0.1) is 24.5 Å². The number of ether oxygens (including phenoxy) is 1. The van der Waals surface area contributed by atoms with Crippen molar-refractivity contribution >= 4 is 17.7 Å². The van der Waals surface area contributed by atoms with E-state index in [4.69, 9.17) is 4.74 Å². The number of alkyl halides is 3. The molecule has 0 amide bonds. The topological polar surface area (TPSA) is 43.2 Å². The maximum atomic E-state index is 13.0. The fourth-order valence-corrected chi connectivity index (χ4v) is 4.12. The molecule has 1 fully saturated rings. The molecule has 2 heterocycles. The molecule has 0 saturated carbocycles. The summed E-state index contributed by atoms with van der Waals surface area (Å²) in [7, 11) is 0. The Morgan fingerprint density at radius 2 is 1.77 bits per heavy atom. The number of morpholine rings is 1. The third-order valence-electron chi connectivity index (χ3n) is 4.82. The van der Waals surface area contributed by atoms with Gasteiger partial charge in [-0.1, -0.05) is 47.7 Å². The first-order chi connectivity index (χ1) is 14.4. The van der Waals surface area contributed by atoms with Crippen molar-refractivity contribution in [1.82, 2.24) is 14.8 Å². The highest BCUT2D eigenvalue weighted by molar-refractivity contribution is 7.98. The monoisotopic (exact) mass is 434 g/mol. The first kappa shape index (κ1) is 20.7. The number of hydrogen-bond acceptors (Lipinski definition) is 5. The molecule has 1 aromatic heterocycles. The van der Waals surface area contributed by atoms with Crippen LogP contribution in [0.1, 0.15) is 16.7 Å². The van der Waals surface area contributed by atoms with E-state index in [0.29, 0.717) is 48.7 Å². The highest BCUT2D eigenvalue weighted by Gasteiger charge is 2.30. The second-order valence-electron chi connectivity index (χ2n) is 7.04. The molecular formula is C21H21F3N4OS. The van der Waals surface area contributed by atoms with Crippen molar-refractivity contribution in [2.75, 3.05) is 31.2 Å². The van der Waals surface area contributed by atoms with Gasteiger partial charge in [-0.3, -0.25) is 4.57 Å². The standard InChI is InChI=1S/C21H21F3N4OS/c1-15-5-7-18(8-6-15)28-19(27-9-11-29-12-10-27)25-26-20(28)30-14-16-3-2-4-17(13-16)21(22,23)24/h2-8,13H,9-12,14H2,1H3. The molecule has 4 rings (SSSR count). The summed E-state index contributed by atoms with van der Waals surface area (Å²) in [6.07, 6.45) is -4.36. The summed E-state index contributed by atoms with van der Waals surface area (Å²) in [4.78, 5) is 2.12. The summed E-state index contributed by atoms with van der Waals surface area (Å²) in [6.45, 7) is 4.67. The summed E-state index contributed by atoms with van der Waals surface area (Å²) in [6, 6.07) is 13.4. The number of anilines is 1.